The highest BCUT2D eigenvalue weighted by atomic mass is 35.5. The van der Waals surface area contributed by atoms with E-state index in [1.807, 2.05) is 13.0 Å². The van der Waals surface area contributed by atoms with Crippen molar-refractivity contribution in [3.63, 3.8) is 0 Å². The predicted octanol–water partition coefficient (Wildman–Crippen LogP) is 2.90. The smallest absolute Gasteiger partial charge is 0.134 e. The first kappa shape index (κ1) is 8.32. The third kappa shape index (κ3) is 1.33. The number of aryl methyl sites for hydroxylation is 1. The van der Waals surface area contributed by atoms with Crippen LogP contribution in [0.2, 0.25) is 5.02 Å². The number of rotatable bonds is 0. The fourth-order valence-electron chi connectivity index (χ4n) is 1.32. The molecule has 2 nitrogen and oxygen atoms in total. The van der Waals surface area contributed by atoms with Crippen LogP contribution >= 0.6 is 11.6 Å². The van der Waals surface area contributed by atoms with Crippen molar-refractivity contribution in [2.45, 2.75) is 6.92 Å². The van der Waals surface area contributed by atoms with Crippen molar-refractivity contribution in [2.75, 3.05) is 0 Å². The zero-order valence-electron chi connectivity index (χ0n) is 7.08. The van der Waals surface area contributed by atoms with E-state index in [4.69, 9.17) is 11.6 Å². The van der Waals surface area contributed by atoms with E-state index < -0.39 is 0 Å². The van der Waals surface area contributed by atoms with Gasteiger partial charge in [-0.3, -0.25) is 4.98 Å². The van der Waals surface area contributed by atoms with E-state index in [2.05, 4.69) is 4.98 Å². The molecular formula is C10H8ClNO. The van der Waals surface area contributed by atoms with Crippen LogP contribution in [-0.4, -0.2) is 10.1 Å². The highest BCUT2D eigenvalue weighted by Gasteiger charge is 2.03. The Kier molecular flexibility index (Phi) is 1.85. The minimum absolute atomic E-state index is 0.139. The molecule has 0 aliphatic rings. The maximum Gasteiger partial charge on any atom is 0.134 e. The number of hydrogen-bond acceptors (Lipinski definition) is 2. The second kappa shape index (κ2) is 2.89. The van der Waals surface area contributed by atoms with Crippen LogP contribution in [0.1, 0.15) is 5.56 Å². The average molecular weight is 194 g/mol. The van der Waals surface area contributed by atoms with E-state index >= 15 is 0 Å². The molecule has 2 aromatic rings. The molecule has 1 heterocycles. The molecule has 0 saturated heterocycles. The maximum absolute atomic E-state index is 9.22. The van der Waals surface area contributed by atoms with Gasteiger partial charge in [0.1, 0.15) is 5.75 Å². The lowest BCUT2D eigenvalue weighted by Gasteiger charge is -2.02. The van der Waals surface area contributed by atoms with Gasteiger partial charge in [-0.2, -0.15) is 0 Å². The topological polar surface area (TPSA) is 33.1 Å². The zero-order chi connectivity index (χ0) is 9.42. The van der Waals surface area contributed by atoms with Crippen molar-refractivity contribution in [1.82, 2.24) is 4.98 Å². The maximum atomic E-state index is 9.22. The molecule has 0 atom stereocenters. The van der Waals surface area contributed by atoms with Crippen molar-refractivity contribution >= 4 is 22.5 Å². The van der Waals surface area contributed by atoms with Crippen LogP contribution < -0.4 is 0 Å². The molecular weight excluding hydrogens is 186 g/mol. The Labute approximate surface area is 80.8 Å². The minimum Gasteiger partial charge on any atom is -0.506 e. The van der Waals surface area contributed by atoms with E-state index in [9.17, 15) is 5.11 Å². The third-order valence-electron chi connectivity index (χ3n) is 1.98. The molecule has 0 aliphatic heterocycles. The Balaban J connectivity index is 2.92. The van der Waals surface area contributed by atoms with Gasteiger partial charge in [0.15, 0.2) is 0 Å². The second-order valence-corrected chi connectivity index (χ2v) is 3.36. The summed E-state index contributed by atoms with van der Waals surface area (Å²) in [6, 6.07) is 5.34. The Hall–Kier alpha value is -1.28. The molecule has 1 N–H and O–H groups in total. The highest BCUT2D eigenvalue weighted by Crippen LogP contribution is 2.26. The standard InChI is InChI=1S/C10H8ClNO/c1-6-2-3-9(11)8-4-7(13)5-12-10(6)8/h2-5,13H,1H3. The Morgan fingerprint density at radius 2 is 2.15 bits per heavy atom. The SMILES string of the molecule is Cc1ccc(Cl)c2cc(O)cnc12. The van der Waals surface area contributed by atoms with Gasteiger partial charge in [-0.1, -0.05) is 17.7 Å². The summed E-state index contributed by atoms with van der Waals surface area (Å²) in [4.78, 5) is 4.11. The fourth-order valence-corrected chi connectivity index (χ4v) is 1.52. The summed E-state index contributed by atoms with van der Waals surface area (Å²) >= 11 is 5.95. The molecule has 0 bridgehead atoms. The molecule has 66 valence electrons. The average Bonchev–Trinajstić information content (AvgIpc) is 2.12. The lowest BCUT2D eigenvalue weighted by atomic mass is 10.1. The quantitative estimate of drug-likeness (QED) is 0.698. The predicted molar refractivity (Wildman–Crippen MR) is 53.2 cm³/mol. The summed E-state index contributed by atoms with van der Waals surface area (Å²) in [6.07, 6.45) is 1.42. The molecule has 0 spiro atoms. The van der Waals surface area contributed by atoms with E-state index in [0.29, 0.717) is 5.02 Å². The highest BCUT2D eigenvalue weighted by molar-refractivity contribution is 6.35. The number of pyridine rings is 1. The van der Waals surface area contributed by atoms with Gasteiger partial charge in [0.25, 0.3) is 0 Å². The lowest BCUT2D eigenvalue weighted by molar-refractivity contribution is 0.474. The van der Waals surface area contributed by atoms with Crippen LogP contribution in [0.4, 0.5) is 0 Å². The van der Waals surface area contributed by atoms with Gasteiger partial charge in [-0.25, -0.2) is 0 Å². The number of aromatic nitrogens is 1. The lowest BCUT2D eigenvalue weighted by Crippen LogP contribution is -1.83. The van der Waals surface area contributed by atoms with Gasteiger partial charge in [-0.05, 0) is 24.6 Å². The van der Waals surface area contributed by atoms with Crippen LogP contribution in [0.25, 0.3) is 10.9 Å². The van der Waals surface area contributed by atoms with Gasteiger partial charge in [0.05, 0.1) is 16.7 Å². The molecule has 0 fully saturated rings. The monoisotopic (exact) mass is 193 g/mol. The first-order valence-corrected chi connectivity index (χ1v) is 4.30. The van der Waals surface area contributed by atoms with Gasteiger partial charge in [0.2, 0.25) is 0 Å². The van der Waals surface area contributed by atoms with E-state index in [1.54, 1.807) is 12.1 Å². The van der Waals surface area contributed by atoms with Gasteiger partial charge < -0.3 is 5.11 Å². The summed E-state index contributed by atoms with van der Waals surface area (Å²) in [5.74, 6) is 0.139. The number of hydrogen-bond donors (Lipinski definition) is 1. The molecule has 1 aromatic heterocycles. The number of benzene rings is 1. The molecule has 0 aliphatic carbocycles. The van der Waals surface area contributed by atoms with Gasteiger partial charge in [-0.15, -0.1) is 0 Å². The molecule has 2 rings (SSSR count). The summed E-state index contributed by atoms with van der Waals surface area (Å²) < 4.78 is 0. The molecule has 0 saturated carbocycles. The second-order valence-electron chi connectivity index (χ2n) is 2.95. The molecule has 1 aromatic carbocycles. The molecule has 13 heavy (non-hydrogen) atoms. The van der Waals surface area contributed by atoms with Crippen molar-refractivity contribution in [3.05, 3.63) is 35.0 Å². The Bertz CT molecular complexity index is 468. The number of aromatic hydroxyl groups is 1. The van der Waals surface area contributed by atoms with E-state index in [-0.39, 0.29) is 5.75 Å². The first-order valence-electron chi connectivity index (χ1n) is 3.92. The molecule has 0 radical (unpaired) electrons. The van der Waals surface area contributed by atoms with Crippen molar-refractivity contribution in [1.29, 1.82) is 0 Å². The summed E-state index contributed by atoms with van der Waals surface area (Å²) in [5.41, 5.74) is 1.89. The number of nitrogens with zero attached hydrogens (tertiary/aromatic N) is 1. The van der Waals surface area contributed by atoms with Crippen LogP contribution in [0.15, 0.2) is 24.4 Å². The Morgan fingerprint density at radius 1 is 1.38 bits per heavy atom. The normalized spacial score (nSPS) is 10.6. The summed E-state index contributed by atoms with van der Waals surface area (Å²) in [6.45, 7) is 1.96. The van der Waals surface area contributed by atoms with Crippen LogP contribution in [-0.2, 0) is 0 Å². The van der Waals surface area contributed by atoms with Crippen LogP contribution in [0, 0.1) is 6.92 Å². The largest absolute Gasteiger partial charge is 0.506 e. The number of fused-ring (bicyclic) bond motifs is 1. The van der Waals surface area contributed by atoms with Crippen molar-refractivity contribution in [2.24, 2.45) is 0 Å². The third-order valence-corrected chi connectivity index (χ3v) is 2.31. The fraction of sp³-hybridized carbons (Fsp3) is 0.100. The van der Waals surface area contributed by atoms with Crippen molar-refractivity contribution < 1.29 is 5.11 Å². The first-order chi connectivity index (χ1) is 6.18. The van der Waals surface area contributed by atoms with Crippen LogP contribution in [0.5, 0.6) is 5.75 Å². The minimum atomic E-state index is 0.139. The van der Waals surface area contributed by atoms with E-state index in [1.165, 1.54) is 6.20 Å². The van der Waals surface area contributed by atoms with Gasteiger partial charge >= 0.3 is 0 Å². The summed E-state index contributed by atoms with van der Waals surface area (Å²) in [7, 11) is 0. The van der Waals surface area contributed by atoms with Crippen LogP contribution in [0.3, 0.4) is 0 Å². The molecule has 3 heteroatoms. The molecule has 0 unspecified atom stereocenters. The summed E-state index contributed by atoms with van der Waals surface area (Å²) in [5, 5.41) is 10.6. The Morgan fingerprint density at radius 3 is 2.92 bits per heavy atom. The van der Waals surface area contributed by atoms with E-state index in [0.717, 1.165) is 16.5 Å². The van der Waals surface area contributed by atoms with Gasteiger partial charge in [0, 0.05) is 5.39 Å². The number of halogens is 1. The zero-order valence-corrected chi connectivity index (χ0v) is 7.84. The van der Waals surface area contributed by atoms with Crippen molar-refractivity contribution in [3.8, 4) is 5.75 Å². The molecule has 0 amide bonds.